The summed E-state index contributed by atoms with van der Waals surface area (Å²) in [5, 5.41) is 2.21. The molecule has 0 atom stereocenters. The Bertz CT molecular complexity index is 1220. The molecule has 0 unspecified atom stereocenters. The fourth-order valence-electron chi connectivity index (χ4n) is 4.54. The van der Waals surface area contributed by atoms with Gasteiger partial charge in [-0.1, -0.05) is 32.8 Å². The van der Waals surface area contributed by atoms with Crippen LogP contribution in [0.4, 0.5) is 5.69 Å². The van der Waals surface area contributed by atoms with Crippen molar-refractivity contribution in [1.82, 2.24) is 4.98 Å². The molecule has 2 aliphatic rings. The second-order valence-corrected chi connectivity index (χ2v) is 11.5. The molecule has 0 bridgehead atoms. The highest BCUT2D eigenvalue weighted by atomic mass is 32.2. The van der Waals surface area contributed by atoms with Gasteiger partial charge in [0.25, 0.3) is 11.5 Å². The third kappa shape index (κ3) is 4.21. The molecule has 7 nitrogen and oxygen atoms in total. The number of aromatic amines is 1. The van der Waals surface area contributed by atoms with E-state index >= 15 is 0 Å². The van der Waals surface area contributed by atoms with E-state index in [-0.39, 0.29) is 27.3 Å². The minimum absolute atomic E-state index is 0.110. The Morgan fingerprint density at radius 2 is 1.81 bits per heavy atom. The van der Waals surface area contributed by atoms with Crippen molar-refractivity contribution in [1.29, 1.82) is 0 Å². The van der Waals surface area contributed by atoms with E-state index in [1.165, 1.54) is 18.2 Å². The SMILES string of the molecule is CC1(C)CC(=O)c2cc(C(=O)Nc3cccc(S(=O)(=O)C4CCCC4)c3)c(=O)[nH]c2C1. The van der Waals surface area contributed by atoms with Gasteiger partial charge in [0, 0.05) is 23.4 Å². The van der Waals surface area contributed by atoms with Gasteiger partial charge >= 0.3 is 0 Å². The van der Waals surface area contributed by atoms with E-state index in [1.807, 2.05) is 13.8 Å². The van der Waals surface area contributed by atoms with Crippen molar-refractivity contribution in [2.75, 3.05) is 5.32 Å². The topological polar surface area (TPSA) is 113 Å². The Labute approximate surface area is 181 Å². The molecule has 2 aliphatic carbocycles. The van der Waals surface area contributed by atoms with Gasteiger partial charge in [0.15, 0.2) is 15.6 Å². The van der Waals surface area contributed by atoms with Crippen LogP contribution in [0.2, 0.25) is 0 Å². The number of sulfone groups is 1. The third-order valence-electron chi connectivity index (χ3n) is 6.12. The first kappa shape index (κ1) is 21.5. The maximum Gasteiger partial charge on any atom is 0.261 e. The fourth-order valence-corrected chi connectivity index (χ4v) is 6.44. The first-order valence-electron chi connectivity index (χ1n) is 10.5. The van der Waals surface area contributed by atoms with Gasteiger partial charge < -0.3 is 10.3 Å². The van der Waals surface area contributed by atoms with Crippen LogP contribution in [0.5, 0.6) is 0 Å². The quantitative estimate of drug-likeness (QED) is 0.752. The molecule has 31 heavy (non-hydrogen) atoms. The second-order valence-electron chi connectivity index (χ2n) is 9.28. The van der Waals surface area contributed by atoms with Crippen LogP contribution in [0.1, 0.15) is 72.4 Å². The summed E-state index contributed by atoms with van der Waals surface area (Å²) in [4.78, 5) is 40.7. The Balaban J connectivity index is 1.60. The van der Waals surface area contributed by atoms with Crippen LogP contribution in [0.15, 0.2) is 40.0 Å². The number of carbonyl (C=O) groups is 2. The summed E-state index contributed by atoms with van der Waals surface area (Å²) in [6.45, 7) is 3.92. The minimum atomic E-state index is -3.46. The van der Waals surface area contributed by atoms with Crippen LogP contribution >= 0.6 is 0 Å². The van der Waals surface area contributed by atoms with E-state index in [0.717, 1.165) is 12.8 Å². The number of carbonyl (C=O) groups excluding carboxylic acids is 2. The Kier molecular flexibility index (Phi) is 5.37. The number of rotatable bonds is 4. The molecule has 1 saturated carbocycles. The number of aromatic nitrogens is 1. The van der Waals surface area contributed by atoms with Crippen molar-refractivity contribution in [2.45, 2.75) is 62.5 Å². The molecule has 164 valence electrons. The van der Waals surface area contributed by atoms with E-state index in [9.17, 15) is 22.8 Å². The number of anilines is 1. The zero-order valence-corrected chi connectivity index (χ0v) is 18.5. The molecule has 0 radical (unpaired) electrons. The Morgan fingerprint density at radius 1 is 1.10 bits per heavy atom. The molecule has 0 spiro atoms. The first-order chi connectivity index (χ1) is 14.6. The monoisotopic (exact) mass is 442 g/mol. The number of pyridine rings is 1. The molecule has 2 N–H and O–H groups in total. The lowest BCUT2D eigenvalue weighted by atomic mass is 9.75. The summed E-state index contributed by atoms with van der Waals surface area (Å²) in [6.07, 6.45) is 3.98. The number of hydrogen-bond acceptors (Lipinski definition) is 5. The lowest BCUT2D eigenvalue weighted by Gasteiger charge is -2.29. The molecule has 1 heterocycles. The molecule has 1 aromatic heterocycles. The van der Waals surface area contributed by atoms with E-state index in [1.54, 1.807) is 12.1 Å². The largest absolute Gasteiger partial charge is 0.325 e. The molecule has 1 fully saturated rings. The van der Waals surface area contributed by atoms with Crippen LogP contribution in [0, 0.1) is 5.41 Å². The van der Waals surface area contributed by atoms with Gasteiger partial charge in [0.05, 0.1) is 10.1 Å². The van der Waals surface area contributed by atoms with Crippen LogP contribution in [-0.2, 0) is 16.3 Å². The molecule has 8 heteroatoms. The van der Waals surface area contributed by atoms with Gasteiger partial charge in [-0.3, -0.25) is 14.4 Å². The summed E-state index contributed by atoms with van der Waals surface area (Å²) in [5.74, 6) is -0.793. The van der Waals surface area contributed by atoms with Gasteiger partial charge in [-0.2, -0.15) is 0 Å². The van der Waals surface area contributed by atoms with Gasteiger partial charge in [-0.05, 0) is 48.9 Å². The van der Waals surface area contributed by atoms with Gasteiger partial charge in [-0.15, -0.1) is 0 Å². The Hall–Kier alpha value is -2.74. The molecular formula is C23H26N2O5S. The lowest BCUT2D eigenvalue weighted by molar-refractivity contribution is 0.0910. The van der Waals surface area contributed by atoms with Gasteiger partial charge in [0.2, 0.25) is 0 Å². The molecule has 2 aromatic rings. The summed E-state index contributed by atoms with van der Waals surface area (Å²) in [7, 11) is -3.46. The zero-order valence-electron chi connectivity index (χ0n) is 17.7. The van der Waals surface area contributed by atoms with Crippen LogP contribution in [-0.4, -0.2) is 30.3 Å². The normalized spacial score (nSPS) is 18.6. The molecular weight excluding hydrogens is 416 g/mol. The molecule has 1 amide bonds. The molecule has 0 saturated heterocycles. The predicted molar refractivity (Wildman–Crippen MR) is 117 cm³/mol. The number of amides is 1. The molecule has 4 rings (SSSR count). The van der Waals surface area contributed by atoms with Crippen LogP contribution in [0.25, 0.3) is 0 Å². The van der Waals surface area contributed by atoms with Crippen molar-refractivity contribution in [3.05, 3.63) is 57.5 Å². The highest BCUT2D eigenvalue weighted by Gasteiger charge is 2.33. The fraction of sp³-hybridized carbons (Fsp3) is 0.435. The maximum atomic E-state index is 12.8. The van der Waals surface area contributed by atoms with Crippen molar-refractivity contribution in [3.8, 4) is 0 Å². The number of ketones is 1. The predicted octanol–water partition coefficient (Wildman–Crippen LogP) is 3.50. The minimum Gasteiger partial charge on any atom is -0.325 e. The standard InChI is InChI=1S/C23H26N2O5S/c1-23(2)12-19-17(20(26)13-23)11-18(22(28)25-19)21(27)24-14-6-5-9-16(10-14)31(29,30)15-7-3-4-8-15/h5-6,9-11,15H,3-4,7-8,12-13H2,1-2H3,(H,24,27)(H,25,28). The summed E-state index contributed by atoms with van der Waals surface area (Å²) in [6, 6.07) is 7.44. The number of H-pyrrole nitrogens is 1. The molecule has 1 aromatic carbocycles. The third-order valence-corrected chi connectivity index (χ3v) is 8.38. The van der Waals surface area contributed by atoms with E-state index < -0.39 is 26.6 Å². The smallest absolute Gasteiger partial charge is 0.261 e. The van der Waals surface area contributed by atoms with Crippen molar-refractivity contribution in [2.24, 2.45) is 5.41 Å². The van der Waals surface area contributed by atoms with Crippen molar-refractivity contribution < 1.29 is 18.0 Å². The number of fused-ring (bicyclic) bond motifs is 1. The highest BCUT2D eigenvalue weighted by Crippen LogP contribution is 2.33. The van der Waals surface area contributed by atoms with Crippen LogP contribution in [0.3, 0.4) is 0 Å². The first-order valence-corrected chi connectivity index (χ1v) is 12.1. The summed E-state index contributed by atoms with van der Waals surface area (Å²) in [5.41, 5.74) is 0.206. The van der Waals surface area contributed by atoms with E-state index in [4.69, 9.17) is 0 Å². The average Bonchev–Trinajstić information content (AvgIpc) is 3.22. The van der Waals surface area contributed by atoms with Crippen LogP contribution < -0.4 is 10.9 Å². The Morgan fingerprint density at radius 3 is 2.52 bits per heavy atom. The van der Waals surface area contributed by atoms with Crippen molar-refractivity contribution in [3.63, 3.8) is 0 Å². The average molecular weight is 443 g/mol. The van der Waals surface area contributed by atoms with Gasteiger partial charge in [-0.25, -0.2) is 8.42 Å². The lowest BCUT2D eigenvalue weighted by Crippen LogP contribution is -2.32. The maximum absolute atomic E-state index is 12.8. The highest BCUT2D eigenvalue weighted by molar-refractivity contribution is 7.92. The van der Waals surface area contributed by atoms with Crippen molar-refractivity contribution >= 4 is 27.2 Å². The van der Waals surface area contributed by atoms with Gasteiger partial charge in [0.1, 0.15) is 5.56 Å². The zero-order chi connectivity index (χ0) is 22.4. The number of hydrogen-bond donors (Lipinski definition) is 2. The number of Topliss-reactive ketones (excluding diaryl/α,β-unsaturated/α-hetero) is 1. The molecule has 0 aliphatic heterocycles. The summed E-state index contributed by atoms with van der Waals surface area (Å²) >= 11 is 0. The summed E-state index contributed by atoms with van der Waals surface area (Å²) < 4.78 is 25.7. The van der Waals surface area contributed by atoms with E-state index in [2.05, 4.69) is 10.3 Å². The van der Waals surface area contributed by atoms with E-state index in [0.29, 0.717) is 36.9 Å². The number of benzene rings is 1. The second kappa shape index (κ2) is 7.75. The number of nitrogens with one attached hydrogen (secondary N) is 2.